The lowest BCUT2D eigenvalue weighted by Gasteiger charge is -2.08. The molecule has 0 unspecified atom stereocenters. The molecule has 0 aromatic heterocycles. The second-order valence-electron chi connectivity index (χ2n) is 4.28. The van der Waals surface area contributed by atoms with Gasteiger partial charge in [-0.25, -0.2) is 0 Å². The minimum Gasteiger partial charge on any atom is -0.508 e. The van der Waals surface area contributed by atoms with Gasteiger partial charge in [-0.2, -0.15) is 0 Å². The topological polar surface area (TPSA) is 73.1 Å². The van der Waals surface area contributed by atoms with E-state index in [0.717, 1.165) is 0 Å². The van der Waals surface area contributed by atoms with Crippen LogP contribution >= 0.6 is 0 Å². The van der Waals surface area contributed by atoms with Crippen molar-refractivity contribution in [1.29, 1.82) is 0 Å². The predicted molar refractivity (Wildman–Crippen MR) is 72.8 cm³/mol. The molecule has 98 valence electrons. The van der Waals surface area contributed by atoms with Gasteiger partial charge in [0.25, 0.3) is 0 Å². The molecule has 2 rings (SSSR count). The van der Waals surface area contributed by atoms with Crippen LogP contribution in [0.25, 0.3) is 0 Å². The Balaban J connectivity index is 2.15. The molecule has 4 nitrogen and oxygen atoms in total. The molecule has 2 aromatic carbocycles. The smallest absolute Gasteiger partial charge is 0.119 e. The number of para-hydroxylation sites is 2. The number of hydrogen-bond acceptors (Lipinski definition) is 4. The van der Waals surface area contributed by atoms with Crippen molar-refractivity contribution in [2.75, 3.05) is 0 Å². The van der Waals surface area contributed by atoms with E-state index in [1.54, 1.807) is 36.4 Å². The Morgan fingerprint density at radius 2 is 1.21 bits per heavy atom. The zero-order chi connectivity index (χ0) is 13.7. The third kappa shape index (κ3) is 3.25. The molecule has 2 aromatic rings. The summed E-state index contributed by atoms with van der Waals surface area (Å²) < 4.78 is 0. The van der Waals surface area contributed by atoms with Crippen LogP contribution in [0, 0.1) is 0 Å². The van der Waals surface area contributed by atoms with Crippen molar-refractivity contribution in [3.8, 4) is 11.5 Å². The Kier molecular flexibility index (Phi) is 4.03. The molecule has 19 heavy (non-hydrogen) atoms. The Labute approximate surface area is 111 Å². The molecule has 0 aliphatic heterocycles. The van der Waals surface area contributed by atoms with Gasteiger partial charge in [-0.1, -0.05) is 41.6 Å². The number of oxime groups is 1. The van der Waals surface area contributed by atoms with E-state index in [-0.39, 0.29) is 11.5 Å². The fraction of sp³-hybridized carbons (Fsp3) is 0.133. The van der Waals surface area contributed by atoms with Crippen LogP contribution in [-0.2, 0) is 12.8 Å². The maximum Gasteiger partial charge on any atom is 0.119 e. The Bertz CT molecular complexity index is 544. The first-order valence-electron chi connectivity index (χ1n) is 5.94. The third-order valence-corrected chi connectivity index (χ3v) is 2.91. The van der Waals surface area contributed by atoms with Gasteiger partial charge < -0.3 is 15.4 Å². The van der Waals surface area contributed by atoms with E-state index in [1.165, 1.54) is 0 Å². The molecule has 0 aliphatic rings. The Morgan fingerprint density at radius 1 is 0.789 bits per heavy atom. The SMILES string of the molecule is ON=C(Cc1ccccc1O)Cc1ccccc1O. The molecule has 0 atom stereocenters. The van der Waals surface area contributed by atoms with Crippen LogP contribution in [0.15, 0.2) is 53.7 Å². The van der Waals surface area contributed by atoms with Crippen molar-refractivity contribution >= 4 is 5.71 Å². The fourth-order valence-electron chi connectivity index (χ4n) is 1.89. The molecule has 0 bridgehead atoms. The van der Waals surface area contributed by atoms with Gasteiger partial charge in [0.05, 0.1) is 5.71 Å². The largest absolute Gasteiger partial charge is 0.508 e. The van der Waals surface area contributed by atoms with Gasteiger partial charge in [-0.15, -0.1) is 0 Å². The third-order valence-electron chi connectivity index (χ3n) is 2.91. The van der Waals surface area contributed by atoms with E-state index in [1.807, 2.05) is 12.1 Å². The Morgan fingerprint density at radius 3 is 1.58 bits per heavy atom. The quantitative estimate of drug-likeness (QED) is 0.448. The van der Waals surface area contributed by atoms with Gasteiger partial charge in [0.15, 0.2) is 0 Å². The monoisotopic (exact) mass is 257 g/mol. The molecule has 0 spiro atoms. The number of aromatic hydroxyl groups is 2. The molecule has 3 N–H and O–H groups in total. The number of benzene rings is 2. The van der Waals surface area contributed by atoms with E-state index in [2.05, 4.69) is 5.16 Å². The molecule has 0 fully saturated rings. The van der Waals surface area contributed by atoms with Crippen LogP contribution in [0.4, 0.5) is 0 Å². The average Bonchev–Trinajstić information content (AvgIpc) is 2.42. The lowest BCUT2D eigenvalue weighted by molar-refractivity contribution is 0.317. The molecule has 0 saturated heterocycles. The molecular formula is C15H15NO3. The van der Waals surface area contributed by atoms with Crippen molar-refractivity contribution in [1.82, 2.24) is 0 Å². The molecule has 0 aliphatic carbocycles. The van der Waals surface area contributed by atoms with Gasteiger partial charge in [-0.05, 0) is 23.3 Å². The van der Waals surface area contributed by atoms with E-state index in [4.69, 9.17) is 5.21 Å². The molecule has 0 radical (unpaired) electrons. The molecule has 0 amide bonds. The highest BCUT2D eigenvalue weighted by molar-refractivity contribution is 5.88. The summed E-state index contributed by atoms with van der Waals surface area (Å²) in [6, 6.07) is 13.8. The molecule has 4 heteroatoms. The van der Waals surface area contributed by atoms with Crippen LogP contribution in [0.5, 0.6) is 11.5 Å². The summed E-state index contributed by atoms with van der Waals surface area (Å²) in [5, 5.41) is 31.7. The summed E-state index contributed by atoms with van der Waals surface area (Å²) in [6.07, 6.45) is 0.662. The van der Waals surface area contributed by atoms with Crippen molar-refractivity contribution in [2.45, 2.75) is 12.8 Å². The highest BCUT2D eigenvalue weighted by Gasteiger charge is 2.09. The number of phenolic OH excluding ortho intramolecular Hbond substituents is 2. The second kappa shape index (κ2) is 5.91. The number of hydrogen-bond donors (Lipinski definition) is 3. The predicted octanol–water partition coefficient (Wildman–Crippen LogP) is 2.71. The van der Waals surface area contributed by atoms with Crippen LogP contribution in [0.3, 0.4) is 0 Å². The summed E-state index contributed by atoms with van der Waals surface area (Å²) in [4.78, 5) is 0. The van der Waals surface area contributed by atoms with Gasteiger partial charge in [0.2, 0.25) is 0 Å². The lowest BCUT2D eigenvalue weighted by atomic mass is 10.0. The fourth-order valence-corrected chi connectivity index (χ4v) is 1.89. The minimum atomic E-state index is 0.168. The second-order valence-corrected chi connectivity index (χ2v) is 4.28. The average molecular weight is 257 g/mol. The van der Waals surface area contributed by atoms with Crippen molar-refractivity contribution in [2.24, 2.45) is 5.16 Å². The van der Waals surface area contributed by atoms with Gasteiger partial charge >= 0.3 is 0 Å². The van der Waals surface area contributed by atoms with E-state index in [0.29, 0.717) is 29.7 Å². The minimum absolute atomic E-state index is 0.168. The number of rotatable bonds is 4. The first-order chi connectivity index (χ1) is 9.20. The maximum atomic E-state index is 9.69. The van der Waals surface area contributed by atoms with Crippen LogP contribution in [0.2, 0.25) is 0 Å². The first kappa shape index (κ1) is 13.0. The summed E-state index contributed by atoms with van der Waals surface area (Å²) in [7, 11) is 0. The zero-order valence-corrected chi connectivity index (χ0v) is 10.3. The standard InChI is InChI=1S/C15H15NO3/c17-14-7-3-1-5-11(14)9-13(16-19)10-12-6-2-4-8-15(12)18/h1-8,17-19H,9-10H2. The molecule has 0 saturated carbocycles. The number of nitrogens with zero attached hydrogens (tertiary/aromatic N) is 1. The summed E-state index contributed by atoms with van der Waals surface area (Å²) in [5.74, 6) is 0.335. The van der Waals surface area contributed by atoms with Crippen LogP contribution in [0.1, 0.15) is 11.1 Å². The highest BCUT2D eigenvalue weighted by atomic mass is 16.4. The van der Waals surface area contributed by atoms with Crippen molar-refractivity contribution in [3.63, 3.8) is 0 Å². The molecule has 0 heterocycles. The number of phenols is 2. The van der Waals surface area contributed by atoms with E-state index in [9.17, 15) is 10.2 Å². The van der Waals surface area contributed by atoms with Crippen LogP contribution in [-0.4, -0.2) is 21.1 Å². The summed E-state index contributed by atoms with van der Waals surface area (Å²) in [6.45, 7) is 0. The zero-order valence-electron chi connectivity index (χ0n) is 10.3. The van der Waals surface area contributed by atoms with Crippen molar-refractivity contribution in [3.05, 3.63) is 59.7 Å². The van der Waals surface area contributed by atoms with Gasteiger partial charge in [-0.3, -0.25) is 0 Å². The van der Waals surface area contributed by atoms with Gasteiger partial charge in [0, 0.05) is 12.8 Å². The highest BCUT2D eigenvalue weighted by Crippen LogP contribution is 2.20. The van der Waals surface area contributed by atoms with Crippen LogP contribution < -0.4 is 0 Å². The maximum absolute atomic E-state index is 9.69. The van der Waals surface area contributed by atoms with E-state index >= 15 is 0 Å². The summed E-state index contributed by atoms with van der Waals surface area (Å²) in [5.41, 5.74) is 1.85. The first-order valence-corrected chi connectivity index (χ1v) is 5.94. The van der Waals surface area contributed by atoms with Gasteiger partial charge in [0.1, 0.15) is 11.5 Å². The lowest BCUT2D eigenvalue weighted by Crippen LogP contribution is -2.07. The Hall–Kier alpha value is -2.49. The summed E-state index contributed by atoms with van der Waals surface area (Å²) >= 11 is 0. The van der Waals surface area contributed by atoms with E-state index < -0.39 is 0 Å². The van der Waals surface area contributed by atoms with Crippen molar-refractivity contribution < 1.29 is 15.4 Å². The normalized spacial score (nSPS) is 10.1. The molecular weight excluding hydrogens is 242 g/mol.